The summed E-state index contributed by atoms with van der Waals surface area (Å²) in [7, 11) is 1.47. The van der Waals surface area contributed by atoms with E-state index in [1.165, 1.54) is 31.1 Å². The molecule has 11 atom stereocenters. The van der Waals surface area contributed by atoms with E-state index in [2.05, 4.69) is 42.2 Å². The monoisotopic (exact) mass is 1280 g/mol. The summed E-state index contributed by atoms with van der Waals surface area (Å²) in [6.45, 7) is 4.15. The number of ether oxygens (including phenoxy) is 1. The van der Waals surface area contributed by atoms with Gasteiger partial charge in [0.15, 0.2) is 6.04 Å². The van der Waals surface area contributed by atoms with Crippen LogP contribution in [0.3, 0.4) is 0 Å². The summed E-state index contributed by atoms with van der Waals surface area (Å²) in [5.41, 5.74) is 6.71. The summed E-state index contributed by atoms with van der Waals surface area (Å²) in [5, 5.41) is 51.5. The van der Waals surface area contributed by atoms with Gasteiger partial charge in [0.05, 0.1) is 44.5 Å². The zero-order chi connectivity index (χ0) is 64.4. The molecule has 2 saturated heterocycles. The van der Waals surface area contributed by atoms with Gasteiger partial charge in [0.1, 0.15) is 35.7 Å². The molecule has 89 heavy (non-hydrogen) atoms. The van der Waals surface area contributed by atoms with Crippen LogP contribution in [-0.4, -0.2) is 224 Å². The van der Waals surface area contributed by atoms with Crippen LogP contribution in [0.5, 0.6) is 5.75 Å². The first-order chi connectivity index (χ1) is 42.5. The van der Waals surface area contributed by atoms with Gasteiger partial charge in [-0.1, -0.05) is 27.2 Å². The first-order valence-corrected chi connectivity index (χ1v) is 32.9. The molecular formula is C59H84N12O16S2. The SMILES string of the molecule is CC[C@H](C)[C@H]1CNCC(=O)N[C@H]2C[S+]([O-])c3[nH]c4c(CSC5CCN(C(=O)C6CCC(CN7C(=O)C=CC7=O)CC6)CC5)c(OC)ccc4c3C[C@H](NC(=O)[C@H]([C@@H](C)[C@@H](O)CO)NC(=O)[C@@H]3C[C@@H](O)CN3C(=O)[C@H](CCC(N)=O)NC2=O)C(=O)NCC(=O)N1. The van der Waals surface area contributed by atoms with Crippen LogP contribution < -0.4 is 47.7 Å². The molecule has 1 aromatic heterocycles. The Morgan fingerprint density at radius 3 is 2.22 bits per heavy atom. The number of thioether (sulfide) groups is 1. The molecule has 1 aliphatic carbocycles. The van der Waals surface area contributed by atoms with Crippen LogP contribution in [0.15, 0.2) is 29.3 Å². The van der Waals surface area contributed by atoms with Crippen LogP contribution in [0.4, 0.5) is 0 Å². The second-order valence-electron chi connectivity index (χ2n) is 24.1. The molecule has 6 heterocycles. The van der Waals surface area contributed by atoms with Gasteiger partial charge in [-0.05, 0) is 68.9 Å². The van der Waals surface area contributed by atoms with Crippen LogP contribution >= 0.6 is 11.8 Å². The molecule has 1 saturated carbocycles. The minimum absolute atomic E-state index is 0.0410. The number of methoxy groups -OCH3 is 1. The maximum Gasteiger partial charge on any atom is 0.253 e. The van der Waals surface area contributed by atoms with Crippen LogP contribution in [0.1, 0.15) is 96.1 Å². The smallest absolute Gasteiger partial charge is 0.253 e. The second kappa shape index (κ2) is 30.8. The van der Waals surface area contributed by atoms with Gasteiger partial charge in [-0.25, -0.2) is 0 Å². The number of piperidine rings is 1. The molecule has 0 spiro atoms. The lowest BCUT2D eigenvalue weighted by Crippen LogP contribution is -2.62. The van der Waals surface area contributed by atoms with Gasteiger partial charge < -0.3 is 82.3 Å². The highest BCUT2D eigenvalue weighted by Crippen LogP contribution is 2.39. The van der Waals surface area contributed by atoms with Crippen molar-refractivity contribution in [2.45, 2.75) is 156 Å². The number of primary amides is 1. The van der Waals surface area contributed by atoms with Crippen molar-refractivity contribution in [2.75, 3.05) is 65.3 Å². The number of amides is 11. The highest BCUT2D eigenvalue weighted by atomic mass is 32.2. The molecule has 488 valence electrons. The highest BCUT2D eigenvalue weighted by Gasteiger charge is 2.46. The summed E-state index contributed by atoms with van der Waals surface area (Å²) >= 11 is -0.756. The van der Waals surface area contributed by atoms with Crippen LogP contribution in [0, 0.1) is 23.7 Å². The number of hydrogen-bond donors (Lipinski definition) is 12. The first-order valence-electron chi connectivity index (χ1n) is 30.5. The van der Waals surface area contributed by atoms with Crippen LogP contribution in [0.25, 0.3) is 10.9 Å². The highest BCUT2D eigenvalue weighted by molar-refractivity contribution is 7.99. The Bertz CT molecular complexity index is 3010. The number of nitrogens with zero attached hydrogens (tertiary/aromatic N) is 3. The minimum Gasteiger partial charge on any atom is -0.610 e. The Balaban J connectivity index is 1.16. The predicted molar refractivity (Wildman–Crippen MR) is 324 cm³/mol. The molecule has 2 aromatic rings. The number of likely N-dealkylation sites (tertiary alicyclic amines) is 1. The topological polar surface area (TPSA) is 416 Å². The minimum atomic E-state index is -2.36. The number of aromatic nitrogens is 1. The lowest BCUT2D eigenvalue weighted by molar-refractivity contribution is -0.143. The van der Waals surface area contributed by atoms with Gasteiger partial charge in [-0.2, -0.15) is 11.8 Å². The summed E-state index contributed by atoms with van der Waals surface area (Å²) in [6, 6.07) is -5.56. The third kappa shape index (κ3) is 16.8. The van der Waals surface area contributed by atoms with E-state index in [9.17, 15) is 68.1 Å². The third-order valence-electron chi connectivity index (χ3n) is 18.1. The van der Waals surface area contributed by atoms with E-state index in [-0.39, 0.29) is 64.3 Å². The van der Waals surface area contributed by atoms with Crippen molar-refractivity contribution < 1.29 is 77.3 Å². The third-order valence-corrected chi connectivity index (χ3v) is 21.0. The zero-order valence-electron chi connectivity index (χ0n) is 50.5. The van der Waals surface area contributed by atoms with E-state index in [4.69, 9.17) is 10.5 Å². The van der Waals surface area contributed by atoms with Crippen LogP contribution in [-0.2, 0) is 76.1 Å². The number of aliphatic hydroxyl groups excluding tert-OH is 3. The predicted octanol–water partition coefficient (Wildman–Crippen LogP) is -2.80. The number of aliphatic hydroxyl groups is 3. The summed E-state index contributed by atoms with van der Waals surface area (Å²) in [6.07, 6.45) is 2.50. The number of fused-ring (bicyclic) bond motifs is 5. The van der Waals surface area contributed by atoms with Gasteiger partial charge >= 0.3 is 0 Å². The molecule has 8 rings (SSSR count). The quantitative estimate of drug-likeness (QED) is 0.0633. The van der Waals surface area contributed by atoms with Gasteiger partial charge in [-0.15, -0.1) is 0 Å². The molecular weight excluding hydrogens is 1200 g/mol. The van der Waals surface area contributed by atoms with Crippen molar-refractivity contribution in [1.82, 2.24) is 56.9 Å². The molecule has 0 radical (unpaired) electrons. The van der Waals surface area contributed by atoms with Gasteiger partial charge in [0.2, 0.25) is 58.2 Å². The molecule has 3 fully saturated rings. The van der Waals surface area contributed by atoms with E-state index in [1.54, 1.807) is 23.9 Å². The summed E-state index contributed by atoms with van der Waals surface area (Å²) in [5.74, 6) is -9.26. The fourth-order valence-electron chi connectivity index (χ4n) is 12.5. The second-order valence-corrected chi connectivity index (χ2v) is 26.9. The molecule has 5 aliphatic heterocycles. The zero-order valence-corrected chi connectivity index (χ0v) is 52.2. The molecule has 30 heteroatoms. The molecule has 2 bridgehead atoms. The number of carbonyl (C=O) groups excluding carboxylic acids is 11. The summed E-state index contributed by atoms with van der Waals surface area (Å²) < 4.78 is 21.4. The largest absolute Gasteiger partial charge is 0.610 e. The number of nitrogens with one attached hydrogen (secondary N) is 8. The number of H-pyrrole nitrogens is 1. The number of nitrogens with two attached hydrogens (primary N) is 1. The number of benzene rings is 1. The number of carbonyl (C=O) groups is 11. The maximum absolute atomic E-state index is 15.5. The van der Waals surface area contributed by atoms with E-state index >= 15 is 4.55 Å². The summed E-state index contributed by atoms with van der Waals surface area (Å²) in [4.78, 5) is 160. The average Bonchev–Trinajstić information content (AvgIpc) is 1.71. The fraction of sp³-hybridized carbons (Fsp3) is 0.644. The fourth-order valence-corrected chi connectivity index (χ4v) is 15.2. The van der Waals surface area contributed by atoms with Crippen LogP contribution in [0.2, 0.25) is 0 Å². The normalized spacial score (nSPS) is 28.6. The van der Waals surface area contributed by atoms with Gasteiger partial charge in [0, 0.05) is 121 Å². The molecule has 28 nitrogen and oxygen atoms in total. The van der Waals surface area contributed by atoms with E-state index in [0.717, 1.165) is 17.7 Å². The van der Waals surface area contributed by atoms with E-state index in [1.807, 2.05) is 18.7 Å². The van der Waals surface area contributed by atoms with Gasteiger partial charge in [0.25, 0.3) is 11.8 Å². The Hall–Kier alpha value is -6.83. The Morgan fingerprint density at radius 1 is 0.865 bits per heavy atom. The molecule has 11 amide bonds. The first kappa shape index (κ1) is 68.1. The lowest BCUT2D eigenvalue weighted by atomic mass is 9.81. The number of rotatable bonds is 15. The maximum atomic E-state index is 15.5. The molecule has 6 aliphatic rings. The van der Waals surface area contributed by atoms with Crippen molar-refractivity contribution in [2.24, 2.45) is 29.4 Å². The Labute approximate surface area is 522 Å². The standard InChI is InChI=1S/C59H84N12O16S2/c1-5-30(2)41-22-61-23-47(76)64-42-29-89(86)57-37(36-10-12-45(87-4)38(52(36)68-57)28-88-35-16-18-69(19-17-35)58(84)33-8-6-32(7-9-33)25-71-49(78)14-15-50(71)79)21-40(53(80)62-24-48(77)63-41)66-56(83)51(31(3)44(74)27-72)67-55(82)43-20-34(73)26-70(43)59(85)39(65-54(42)81)11-13-46(60)75/h10,12,14-15,30-35,39-44,51,61,68,72-74H,5-9,11,13,16-29H2,1-4H3,(H2,60,75)(H,62,80)(H,63,77)(H,64,76)(H,65,81)(H,66,83)(H,67,82)/t30-,31-,32?,33?,34+,39-,40-,41+,42-,43-,44-,51-,89?/m0/s1. The van der Waals surface area contributed by atoms with Crippen molar-refractivity contribution in [3.63, 3.8) is 0 Å². The molecule has 13 N–H and O–H groups in total. The van der Waals surface area contributed by atoms with Gasteiger partial charge in [-0.3, -0.25) is 57.6 Å². The van der Waals surface area contributed by atoms with Crippen molar-refractivity contribution in [1.29, 1.82) is 0 Å². The Kier molecular flexibility index (Phi) is 23.6. The van der Waals surface area contributed by atoms with Crippen molar-refractivity contribution >= 4 is 98.8 Å². The Morgan fingerprint density at radius 2 is 1.56 bits per heavy atom. The van der Waals surface area contributed by atoms with Crippen molar-refractivity contribution in [3.05, 3.63) is 35.4 Å². The number of hydrogen-bond acceptors (Lipinski definition) is 18. The average molecular weight is 1280 g/mol. The van der Waals surface area contributed by atoms with E-state index < -0.39 is 164 Å². The lowest BCUT2D eigenvalue weighted by Gasteiger charge is -2.36. The number of imide groups is 1. The van der Waals surface area contributed by atoms with E-state index in [0.29, 0.717) is 79.7 Å². The van der Waals surface area contributed by atoms with Crippen molar-refractivity contribution in [3.8, 4) is 5.75 Å². The molecule has 1 aromatic carbocycles. The molecule has 1 unspecified atom stereocenters. The number of aromatic amines is 1.